The van der Waals surface area contributed by atoms with E-state index in [4.69, 9.17) is 5.26 Å². The average molecular weight is 308 g/mol. The third-order valence-corrected chi connectivity index (χ3v) is 2.51. The number of rotatable bonds is 2. The number of nitriles is 1. The van der Waals surface area contributed by atoms with Crippen LogP contribution in [0.15, 0.2) is 12.1 Å². The number of halogens is 4. The number of hydrogen-bond donors (Lipinski definition) is 1. The molecule has 0 aliphatic carbocycles. The van der Waals surface area contributed by atoms with Gasteiger partial charge in [0.05, 0.1) is 22.0 Å². The maximum atomic E-state index is 12.6. The Bertz CT molecular complexity index is 505. The third-order valence-electron chi connectivity index (χ3n) is 2.00. The monoisotopic (exact) mass is 307 g/mol. The van der Waals surface area contributed by atoms with Gasteiger partial charge in [0.2, 0.25) is 0 Å². The van der Waals surface area contributed by atoms with Crippen molar-refractivity contribution in [3.8, 4) is 11.8 Å². The fourth-order valence-corrected chi connectivity index (χ4v) is 1.57. The van der Waals surface area contributed by atoms with E-state index in [0.29, 0.717) is 6.07 Å². The Morgan fingerprint density at radius 1 is 1.47 bits per heavy atom. The average Bonchev–Trinajstić information content (AvgIpc) is 2.25. The second-order valence-corrected chi connectivity index (χ2v) is 3.61. The minimum absolute atomic E-state index is 0.281. The van der Waals surface area contributed by atoms with E-state index in [2.05, 4.69) is 15.9 Å². The summed E-state index contributed by atoms with van der Waals surface area (Å²) in [5.41, 5.74) is -2.71. The number of hydrogen-bond acceptors (Lipinski definition) is 3. The fraction of sp³-hybridized carbons (Fsp3) is 0.200. The zero-order valence-electron chi connectivity index (χ0n) is 8.18. The van der Waals surface area contributed by atoms with Gasteiger partial charge >= 0.3 is 6.18 Å². The van der Waals surface area contributed by atoms with E-state index >= 15 is 0 Å². The highest BCUT2D eigenvalue weighted by atomic mass is 79.9. The summed E-state index contributed by atoms with van der Waals surface area (Å²) < 4.78 is 37.7. The van der Waals surface area contributed by atoms with Crippen LogP contribution in [0, 0.1) is 11.3 Å². The first-order valence-corrected chi connectivity index (χ1v) is 5.37. The number of aromatic hydroxyl groups is 1. The highest BCUT2D eigenvalue weighted by Crippen LogP contribution is 2.36. The van der Waals surface area contributed by atoms with E-state index < -0.39 is 34.4 Å². The van der Waals surface area contributed by atoms with E-state index in [0.717, 1.165) is 6.07 Å². The van der Waals surface area contributed by atoms with Crippen LogP contribution in [-0.4, -0.2) is 16.2 Å². The van der Waals surface area contributed by atoms with Gasteiger partial charge in [0, 0.05) is 0 Å². The summed E-state index contributed by atoms with van der Waals surface area (Å²) in [6.45, 7) is 0. The van der Waals surface area contributed by atoms with Gasteiger partial charge < -0.3 is 5.11 Å². The zero-order valence-corrected chi connectivity index (χ0v) is 9.76. The Morgan fingerprint density at radius 2 is 2.06 bits per heavy atom. The maximum Gasteiger partial charge on any atom is 0.417 e. The molecule has 0 aromatic heterocycles. The molecule has 0 saturated heterocycles. The first kappa shape index (κ1) is 13.5. The number of carbonyl (C=O) groups excluding carboxylic acids is 1. The van der Waals surface area contributed by atoms with Crippen LogP contribution >= 0.6 is 15.9 Å². The second-order valence-electron chi connectivity index (χ2n) is 3.05. The Kier molecular flexibility index (Phi) is 3.78. The highest BCUT2D eigenvalue weighted by Gasteiger charge is 2.36. The molecule has 0 aliphatic rings. The number of carbonyl (C=O) groups is 1. The topological polar surface area (TPSA) is 61.1 Å². The largest absolute Gasteiger partial charge is 0.507 e. The molecule has 0 saturated carbocycles. The summed E-state index contributed by atoms with van der Waals surface area (Å²) >= 11 is 2.77. The van der Waals surface area contributed by atoms with Crippen LogP contribution in [0.25, 0.3) is 0 Å². The van der Waals surface area contributed by atoms with Gasteiger partial charge in [0.15, 0.2) is 5.78 Å². The lowest BCUT2D eigenvalue weighted by Gasteiger charge is -2.12. The summed E-state index contributed by atoms with van der Waals surface area (Å²) in [5, 5.41) is 17.8. The molecule has 0 unspecified atom stereocenters. The molecule has 1 aromatic rings. The van der Waals surface area contributed by atoms with Crippen LogP contribution in [0.3, 0.4) is 0 Å². The van der Waals surface area contributed by atoms with Crippen molar-refractivity contribution in [1.82, 2.24) is 0 Å². The van der Waals surface area contributed by atoms with Crippen molar-refractivity contribution in [1.29, 1.82) is 5.26 Å². The lowest BCUT2D eigenvalue weighted by molar-refractivity contribution is -0.137. The van der Waals surface area contributed by atoms with E-state index in [1.54, 1.807) is 0 Å². The van der Waals surface area contributed by atoms with Crippen molar-refractivity contribution in [3.63, 3.8) is 0 Å². The first-order valence-electron chi connectivity index (χ1n) is 4.25. The van der Waals surface area contributed by atoms with Crippen molar-refractivity contribution < 1.29 is 23.1 Å². The predicted octanol–water partition coefficient (Wildman–Crippen LogP) is 2.86. The van der Waals surface area contributed by atoms with Crippen molar-refractivity contribution in [3.05, 3.63) is 28.8 Å². The molecule has 1 rings (SSSR count). The van der Waals surface area contributed by atoms with Gasteiger partial charge in [0.1, 0.15) is 11.8 Å². The van der Waals surface area contributed by atoms with E-state index in [1.165, 1.54) is 6.07 Å². The number of phenols is 1. The number of benzene rings is 1. The quantitative estimate of drug-likeness (QED) is 0.675. The van der Waals surface area contributed by atoms with Gasteiger partial charge in [-0.2, -0.15) is 18.4 Å². The Morgan fingerprint density at radius 3 is 2.47 bits per heavy atom. The molecule has 7 heteroatoms. The minimum Gasteiger partial charge on any atom is -0.507 e. The Labute approximate surface area is 103 Å². The van der Waals surface area contributed by atoms with Gasteiger partial charge in [-0.1, -0.05) is 15.9 Å². The summed E-state index contributed by atoms with van der Waals surface area (Å²) in [7, 11) is 0. The molecule has 0 fully saturated rings. The van der Waals surface area contributed by atoms with Crippen LogP contribution in [0.5, 0.6) is 5.75 Å². The molecule has 0 amide bonds. The zero-order chi connectivity index (χ0) is 13.2. The number of phenolic OH excluding ortho intramolecular Hbond substituents is 1. The Balaban J connectivity index is 3.61. The lowest BCUT2D eigenvalue weighted by atomic mass is 9.98. The second kappa shape index (κ2) is 4.75. The van der Waals surface area contributed by atoms with Gasteiger partial charge in [-0.05, 0) is 12.1 Å². The molecule has 0 spiro atoms. The molecule has 0 heterocycles. The highest BCUT2D eigenvalue weighted by molar-refractivity contribution is 9.09. The lowest BCUT2D eigenvalue weighted by Crippen LogP contribution is -2.13. The van der Waals surface area contributed by atoms with Gasteiger partial charge in [-0.3, -0.25) is 4.79 Å². The molecule has 3 nitrogen and oxygen atoms in total. The number of nitrogens with zero attached hydrogens (tertiary/aromatic N) is 1. The number of ketones is 1. The van der Waals surface area contributed by atoms with Crippen molar-refractivity contribution in [2.45, 2.75) is 6.18 Å². The van der Waals surface area contributed by atoms with Crippen LogP contribution in [0.1, 0.15) is 21.5 Å². The summed E-state index contributed by atoms with van der Waals surface area (Å²) in [6, 6.07) is 2.62. The van der Waals surface area contributed by atoms with Crippen LogP contribution in [0.4, 0.5) is 13.2 Å². The predicted molar refractivity (Wildman–Crippen MR) is 55.9 cm³/mol. The maximum absolute atomic E-state index is 12.6. The molecule has 1 N–H and O–H groups in total. The number of alkyl halides is 4. The summed E-state index contributed by atoms with van der Waals surface area (Å²) in [6.07, 6.45) is -4.75. The van der Waals surface area contributed by atoms with Crippen molar-refractivity contribution >= 4 is 21.7 Å². The molecule has 0 bridgehead atoms. The van der Waals surface area contributed by atoms with Gasteiger partial charge in [-0.15, -0.1) is 0 Å². The van der Waals surface area contributed by atoms with E-state index in [1.807, 2.05) is 0 Å². The fourth-order valence-electron chi connectivity index (χ4n) is 1.29. The molecular weight excluding hydrogens is 303 g/mol. The van der Waals surface area contributed by atoms with Crippen molar-refractivity contribution in [2.24, 2.45) is 0 Å². The molecule has 1 aromatic carbocycles. The standard InChI is InChI=1S/C10H5BrF3NO2/c11-3-8(17)9-5(4-15)6(10(12,13)14)1-2-7(9)16/h1-2,16H,3H2. The summed E-state index contributed by atoms with van der Waals surface area (Å²) in [5.74, 6) is -1.43. The number of Topliss-reactive ketones (excluding diaryl/α,β-unsaturated/α-hetero) is 1. The van der Waals surface area contributed by atoms with Gasteiger partial charge in [0.25, 0.3) is 0 Å². The van der Waals surface area contributed by atoms with Gasteiger partial charge in [-0.25, -0.2) is 0 Å². The Hall–Kier alpha value is -1.55. The van der Waals surface area contributed by atoms with Crippen LogP contribution in [-0.2, 0) is 6.18 Å². The molecule has 0 radical (unpaired) electrons. The summed E-state index contributed by atoms with van der Waals surface area (Å²) in [4.78, 5) is 11.4. The SMILES string of the molecule is N#Cc1c(C(F)(F)F)ccc(O)c1C(=O)CBr. The van der Waals surface area contributed by atoms with E-state index in [9.17, 15) is 23.1 Å². The first-order chi connectivity index (χ1) is 7.82. The normalized spacial score (nSPS) is 11.0. The minimum atomic E-state index is -4.75. The van der Waals surface area contributed by atoms with Crippen LogP contribution < -0.4 is 0 Å². The smallest absolute Gasteiger partial charge is 0.417 e. The molecular formula is C10H5BrF3NO2. The van der Waals surface area contributed by atoms with Crippen LogP contribution in [0.2, 0.25) is 0 Å². The van der Waals surface area contributed by atoms with Crippen molar-refractivity contribution in [2.75, 3.05) is 5.33 Å². The third kappa shape index (κ3) is 2.58. The molecule has 0 aliphatic heterocycles. The molecule has 0 atom stereocenters. The molecule has 90 valence electrons. The molecule has 17 heavy (non-hydrogen) atoms. The van der Waals surface area contributed by atoms with E-state index in [-0.39, 0.29) is 5.33 Å².